The van der Waals surface area contributed by atoms with Crippen molar-refractivity contribution in [2.24, 2.45) is 0 Å². The highest BCUT2D eigenvalue weighted by atomic mass is 16.5. The average Bonchev–Trinajstić information content (AvgIpc) is 3.16. The molecular formula is C21H27NO4. The first-order chi connectivity index (χ1) is 12.8. The molecule has 0 saturated carbocycles. The molecular weight excluding hydrogens is 330 g/mol. The predicted octanol–water partition coefficient (Wildman–Crippen LogP) is 4.10. The minimum absolute atomic E-state index is 0.135. The average molecular weight is 357 g/mol. The molecule has 1 fully saturated rings. The van der Waals surface area contributed by atoms with E-state index >= 15 is 0 Å². The van der Waals surface area contributed by atoms with Crippen LogP contribution in [0.25, 0.3) is 0 Å². The fourth-order valence-electron chi connectivity index (χ4n) is 3.91. The van der Waals surface area contributed by atoms with Crippen LogP contribution in [0.2, 0.25) is 0 Å². The van der Waals surface area contributed by atoms with Gasteiger partial charge in [0.25, 0.3) is 0 Å². The van der Waals surface area contributed by atoms with Gasteiger partial charge in [0.2, 0.25) is 0 Å². The monoisotopic (exact) mass is 357 g/mol. The van der Waals surface area contributed by atoms with Crippen LogP contribution in [0.5, 0.6) is 11.5 Å². The highest BCUT2D eigenvalue weighted by Crippen LogP contribution is 2.34. The lowest BCUT2D eigenvalue weighted by atomic mass is 9.98. The Kier molecular flexibility index (Phi) is 5.18. The van der Waals surface area contributed by atoms with E-state index in [1.54, 1.807) is 14.2 Å². The highest BCUT2D eigenvalue weighted by molar-refractivity contribution is 5.48. The van der Waals surface area contributed by atoms with Gasteiger partial charge >= 0.3 is 0 Å². The van der Waals surface area contributed by atoms with Crippen LogP contribution in [-0.4, -0.2) is 32.3 Å². The predicted molar refractivity (Wildman–Crippen MR) is 98.6 cm³/mol. The zero-order chi connectivity index (χ0) is 17.9. The molecule has 140 valence electrons. The minimum Gasteiger partial charge on any atom is -0.493 e. The summed E-state index contributed by atoms with van der Waals surface area (Å²) in [6.45, 7) is 3.57. The molecule has 26 heavy (non-hydrogen) atoms. The van der Waals surface area contributed by atoms with Gasteiger partial charge in [-0.3, -0.25) is 4.90 Å². The fourth-order valence-corrected chi connectivity index (χ4v) is 3.91. The number of nitrogens with zero attached hydrogens (tertiary/aromatic N) is 1. The van der Waals surface area contributed by atoms with Gasteiger partial charge in [-0.1, -0.05) is 0 Å². The summed E-state index contributed by atoms with van der Waals surface area (Å²) in [5.74, 6) is 3.59. The van der Waals surface area contributed by atoms with Gasteiger partial charge in [-0.2, -0.15) is 0 Å². The van der Waals surface area contributed by atoms with E-state index in [-0.39, 0.29) is 6.10 Å². The first-order valence-corrected chi connectivity index (χ1v) is 9.43. The summed E-state index contributed by atoms with van der Waals surface area (Å²) in [4.78, 5) is 2.42. The summed E-state index contributed by atoms with van der Waals surface area (Å²) in [7, 11) is 3.37. The normalized spacial score (nSPS) is 20.6. The van der Waals surface area contributed by atoms with Gasteiger partial charge in [-0.05, 0) is 61.1 Å². The van der Waals surface area contributed by atoms with Crippen LogP contribution in [0.3, 0.4) is 0 Å². The topological polar surface area (TPSA) is 44.1 Å². The van der Waals surface area contributed by atoms with Gasteiger partial charge in [0, 0.05) is 19.7 Å². The first-order valence-electron chi connectivity index (χ1n) is 9.43. The number of ether oxygens (including phenoxy) is 3. The molecule has 1 aromatic carbocycles. The van der Waals surface area contributed by atoms with E-state index in [0.29, 0.717) is 0 Å². The van der Waals surface area contributed by atoms with Crippen LogP contribution >= 0.6 is 0 Å². The molecule has 0 unspecified atom stereocenters. The van der Waals surface area contributed by atoms with E-state index < -0.39 is 0 Å². The molecule has 2 aromatic rings. The molecule has 5 nitrogen and oxygen atoms in total. The second-order valence-electron chi connectivity index (χ2n) is 7.10. The van der Waals surface area contributed by atoms with Crippen molar-refractivity contribution >= 4 is 0 Å². The van der Waals surface area contributed by atoms with E-state index in [2.05, 4.69) is 29.2 Å². The maximum Gasteiger partial charge on any atom is 0.161 e. The van der Waals surface area contributed by atoms with Crippen molar-refractivity contribution in [3.8, 4) is 11.5 Å². The van der Waals surface area contributed by atoms with Crippen molar-refractivity contribution in [2.45, 2.75) is 44.9 Å². The van der Waals surface area contributed by atoms with Crippen LogP contribution in [0.4, 0.5) is 0 Å². The summed E-state index contributed by atoms with van der Waals surface area (Å²) >= 11 is 0. The Labute approximate surface area is 154 Å². The second kappa shape index (κ2) is 7.72. The van der Waals surface area contributed by atoms with Crippen molar-refractivity contribution in [1.82, 2.24) is 4.90 Å². The molecule has 0 aliphatic carbocycles. The molecule has 1 saturated heterocycles. The largest absolute Gasteiger partial charge is 0.493 e. The SMILES string of the molecule is COc1cc2c(cc1OC)CN(Cc1ccc([C@H]3CCCCO3)o1)CC2. The lowest BCUT2D eigenvalue weighted by Gasteiger charge is -2.29. The van der Waals surface area contributed by atoms with Crippen LogP contribution in [0, 0.1) is 0 Å². The summed E-state index contributed by atoms with van der Waals surface area (Å²) in [5, 5.41) is 0. The van der Waals surface area contributed by atoms with Gasteiger partial charge in [0.05, 0.1) is 20.8 Å². The van der Waals surface area contributed by atoms with Crippen LogP contribution in [0.1, 0.15) is 48.0 Å². The second-order valence-corrected chi connectivity index (χ2v) is 7.10. The van der Waals surface area contributed by atoms with Gasteiger partial charge in [-0.15, -0.1) is 0 Å². The smallest absolute Gasteiger partial charge is 0.161 e. The van der Waals surface area contributed by atoms with E-state index in [4.69, 9.17) is 18.6 Å². The van der Waals surface area contributed by atoms with Gasteiger partial charge in [0.15, 0.2) is 11.5 Å². The molecule has 0 N–H and O–H groups in total. The maximum atomic E-state index is 6.08. The molecule has 2 aliphatic rings. The quantitative estimate of drug-likeness (QED) is 0.806. The van der Waals surface area contributed by atoms with Gasteiger partial charge in [0.1, 0.15) is 17.6 Å². The summed E-state index contributed by atoms with van der Waals surface area (Å²) in [6, 6.07) is 8.38. The minimum atomic E-state index is 0.135. The maximum absolute atomic E-state index is 6.08. The molecule has 3 heterocycles. The zero-order valence-corrected chi connectivity index (χ0v) is 15.6. The Morgan fingerprint density at radius 2 is 1.88 bits per heavy atom. The molecule has 0 spiro atoms. The number of hydrogen-bond donors (Lipinski definition) is 0. The lowest BCUT2D eigenvalue weighted by Crippen LogP contribution is -2.30. The Morgan fingerprint density at radius 1 is 1.08 bits per heavy atom. The third kappa shape index (κ3) is 3.60. The van der Waals surface area contributed by atoms with E-state index in [9.17, 15) is 0 Å². The Hall–Kier alpha value is -1.98. The van der Waals surface area contributed by atoms with Crippen molar-refractivity contribution < 1.29 is 18.6 Å². The summed E-state index contributed by atoms with van der Waals surface area (Å²) in [5.41, 5.74) is 2.64. The zero-order valence-electron chi connectivity index (χ0n) is 15.6. The number of rotatable bonds is 5. The van der Waals surface area contributed by atoms with Gasteiger partial charge < -0.3 is 18.6 Å². The Morgan fingerprint density at radius 3 is 2.62 bits per heavy atom. The van der Waals surface area contributed by atoms with Crippen LogP contribution in [0.15, 0.2) is 28.7 Å². The van der Waals surface area contributed by atoms with E-state index in [1.807, 2.05) is 0 Å². The molecule has 4 rings (SSSR count). The van der Waals surface area contributed by atoms with Crippen molar-refractivity contribution in [3.05, 3.63) is 46.9 Å². The first kappa shape index (κ1) is 17.4. The molecule has 1 atom stereocenters. The van der Waals surface area contributed by atoms with Crippen molar-refractivity contribution in [1.29, 1.82) is 0 Å². The van der Waals surface area contributed by atoms with Crippen LogP contribution < -0.4 is 9.47 Å². The number of benzene rings is 1. The third-order valence-electron chi connectivity index (χ3n) is 5.36. The molecule has 0 bridgehead atoms. The van der Waals surface area contributed by atoms with Crippen LogP contribution in [-0.2, 0) is 24.2 Å². The number of fused-ring (bicyclic) bond motifs is 1. The standard InChI is InChI=1S/C21H27NO4/c1-23-20-11-15-8-9-22(13-16(15)12-21(20)24-2)14-17-6-7-19(26-17)18-5-3-4-10-25-18/h6-7,11-12,18H,3-5,8-10,13-14H2,1-2H3/t18-/m1/s1. The Bertz CT molecular complexity index is 748. The summed E-state index contributed by atoms with van der Waals surface area (Å²) < 4.78 is 22.8. The molecule has 1 aromatic heterocycles. The number of methoxy groups -OCH3 is 2. The number of hydrogen-bond acceptors (Lipinski definition) is 5. The van der Waals surface area contributed by atoms with Crippen molar-refractivity contribution in [2.75, 3.05) is 27.4 Å². The number of furan rings is 1. The lowest BCUT2D eigenvalue weighted by molar-refractivity contribution is 0.000800. The van der Waals surface area contributed by atoms with Gasteiger partial charge in [-0.25, -0.2) is 0 Å². The summed E-state index contributed by atoms with van der Waals surface area (Å²) in [6.07, 6.45) is 4.58. The third-order valence-corrected chi connectivity index (χ3v) is 5.36. The molecule has 5 heteroatoms. The fraction of sp³-hybridized carbons (Fsp3) is 0.524. The van der Waals surface area contributed by atoms with E-state index in [1.165, 1.54) is 17.5 Å². The van der Waals surface area contributed by atoms with E-state index in [0.717, 1.165) is 68.5 Å². The molecule has 2 aliphatic heterocycles. The molecule has 0 radical (unpaired) electrons. The highest BCUT2D eigenvalue weighted by Gasteiger charge is 2.22. The Balaban J connectivity index is 1.43. The molecule has 0 amide bonds. The van der Waals surface area contributed by atoms with Crippen molar-refractivity contribution in [3.63, 3.8) is 0 Å².